The molecule has 15 atom stereocenters. The van der Waals surface area contributed by atoms with E-state index in [0.29, 0.717) is 63.1 Å². The molecule has 22 N–H and O–H groups in total. The highest BCUT2D eigenvalue weighted by Crippen LogP contribution is 2.30. The number of rotatable bonds is 25. The highest BCUT2D eigenvalue weighted by molar-refractivity contribution is 8.00. The number of nitrogens with two attached hydrogens (primary N) is 3. The molecular formula is C87H119N19O24S. The fraction of sp³-hybridized carbons (Fsp3) is 0.529. The van der Waals surface area contributed by atoms with E-state index in [2.05, 4.69) is 57.8 Å². The summed E-state index contributed by atoms with van der Waals surface area (Å²) in [5.41, 5.74) is 19.7. The molecule has 0 aliphatic carbocycles. The van der Waals surface area contributed by atoms with Crippen molar-refractivity contribution in [3.8, 4) is 5.75 Å². The summed E-state index contributed by atoms with van der Waals surface area (Å²) < 4.78 is 0. The third-order valence-corrected chi connectivity index (χ3v) is 24.5. The van der Waals surface area contributed by atoms with Crippen LogP contribution in [0.2, 0.25) is 0 Å². The number of H-pyrrole nitrogens is 2. The van der Waals surface area contributed by atoms with Crippen LogP contribution < -0.4 is 65.1 Å². The number of likely N-dealkylation sites (N-methyl/N-ethyl adjacent to an activating group) is 3. The van der Waals surface area contributed by atoms with Crippen molar-refractivity contribution in [1.29, 1.82) is 0 Å². The van der Waals surface area contributed by atoms with Crippen molar-refractivity contribution in [2.75, 3.05) is 65.4 Å². The molecule has 5 heterocycles. The molecule has 0 bridgehead atoms. The summed E-state index contributed by atoms with van der Waals surface area (Å²) in [6, 6.07) is -2.25. The SMILES string of the molecule is CCCC[C@H]1C(=O)N(C)[C@@H](CCCC)C(=O)N[C@@H](CCC(=O)O)C(=O)N[C@H](C(=O)NCC(N)=O)CSCC(=O)N[C@@H](Cc2ccc(O)cc2)C(=O)N(C)[C@@H](C)C(=O)N[C@@H](CC(N)=O)C(=O)N2CCC[C@H]2C(=O)N[C@@H](CN)C(=O)N[C@@H](CCC(=O)O)C(=O)N2C[C@H](O)C[C@H]2C(=O)C[C@@H](Cc2c[nH]c3ccccc23)C(=O)N[C@@H](CO)C(=O)N[C@@H](Cc2c[nH]c3ccccc23)C(=O)N1C. The second-order valence-corrected chi connectivity index (χ2v) is 34.0. The number of fused-ring (bicyclic) bond motifs is 4. The van der Waals surface area contributed by atoms with Gasteiger partial charge in [-0.2, -0.15) is 0 Å². The number of phenols is 1. The molecule has 3 saturated heterocycles. The predicted molar refractivity (Wildman–Crippen MR) is 473 cm³/mol. The number of thioether (sulfide) groups is 1. The van der Waals surface area contributed by atoms with Crippen molar-refractivity contribution in [3.63, 3.8) is 0 Å². The largest absolute Gasteiger partial charge is 0.508 e. The van der Waals surface area contributed by atoms with Crippen LogP contribution in [0, 0.1) is 5.92 Å². The number of nitrogens with zero attached hydrogens (tertiary/aromatic N) is 5. The van der Waals surface area contributed by atoms with Crippen LogP contribution in [-0.4, -0.2) is 322 Å². The van der Waals surface area contributed by atoms with Crippen molar-refractivity contribution in [2.45, 2.75) is 221 Å². The first kappa shape index (κ1) is 103. The number of aliphatic hydroxyl groups is 2. The zero-order valence-electron chi connectivity index (χ0n) is 73.8. The van der Waals surface area contributed by atoms with Crippen LogP contribution in [0.3, 0.4) is 0 Å². The van der Waals surface area contributed by atoms with Gasteiger partial charge < -0.3 is 125 Å². The fourth-order valence-electron chi connectivity index (χ4n) is 16.0. The van der Waals surface area contributed by atoms with Gasteiger partial charge in [0.2, 0.25) is 94.5 Å². The summed E-state index contributed by atoms with van der Waals surface area (Å²) >= 11 is 0.692. The highest BCUT2D eigenvalue weighted by atomic mass is 32.2. The van der Waals surface area contributed by atoms with Crippen LogP contribution in [0.15, 0.2) is 85.2 Å². The van der Waals surface area contributed by atoms with E-state index in [1.54, 1.807) is 67.8 Å². The van der Waals surface area contributed by atoms with Crippen LogP contribution in [0.25, 0.3) is 21.8 Å². The standard InChI is InChI=1S/C87H119N19O24S/c1-7-9-20-65-81(124)95-57(27-29-73(114)115)78(121)101-64(77(120)93-41-71(90)112)44-131-45-72(113)94-59(32-47-23-25-51(108)26-24-47)83(126)102(4)46(3)75(118)97-61(37-70(89)111)86(129)105-31-15-22-66(105)82(125)99-62(38-88)79(122)96-58(28-30-74(116)117)85(128)106-42-52(109)36-68(106)69(110)35-48(33-49-39-91-55-18-13-11-16-53(49)55)76(119)100-63(43-107)80(123)98-60(34-50-40-92-56-19-14-12-17-54(50)56)84(127)104(6)67(21-10-8-2)87(130)103(65)5/h11-14,16-19,23-26,39-40,46,48,52,57-68,91-92,107-109H,7-10,15,20-22,27-38,41-45,88H2,1-6H3,(H2,89,111)(H2,90,112)(H,93,120)(H,94,113)(H,95,124)(H,96,122)(H,97,118)(H,98,123)(H,99,125)(H,100,119)(H,101,121)(H,114,115)(H,116,117)/t46-,48+,52+,57-,58-,59-,60-,61-,62-,63-,64-,65-,66-,67-,68-/m0/s1. The maximum Gasteiger partial charge on any atom is 0.303 e. The number of amides is 16. The number of Topliss-reactive ketones (excluding diaryl/α,β-unsaturated/α-hetero) is 1. The molecule has 0 radical (unpaired) electrons. The van der Waals surface area contributed by atoms with E-state index in [0.717, 1.165) is 24.5 Å². The van der Waals surface area contributed by atoms with E-state index >= 15 is 33.6 Å². The van der Waals surface area contributed by atoms with Crippen LogP contribution in [0.4, 0.5) is 0 Å². The molecule has 3 aromatic carbocycles. The van der Waals surface area contributed by atoms with Crippen LogP contribution in [-0.2, 0) is 110 Å². The Kier molecular flexibility index (Phi) is 38.7. The van der Waals surface area contributed by atoms with Gasteiger partial charge in [0.25, 0.3) is 0 Å². The lowest BCUT2D eigenvalue weighted by Gasteiger charge is -2.36. The number of carboxylic acids is 2. The molecule has 0 spiro atoms. The maximum absolute atomic E-state index is 15.7. The summed E-state index contributed by atoms with van der Waals surface area (Å²) in [7, 11) is 3.74. The number of para-hydroxylation sites is 2. The number of hydrogen-bond acceptors (Lipinski definition) is 24. The van der Waals surface area contributed by atoms with Gasteiger partial charge in [0.05, 0.1) is 37.5 Å². The van der Waals surface area contributed by atoms with Crippen molar-refractivity contribution in [2.24, 2.45) is 23.1 Å². The molecule has 5 aromatic rings. The number of aromatic hydroxyl groups is 1. The van der Waals surface area contributed by atoms with Gasteiger partial charge in [-0.3, -0.25) is 91.1 Å². The number of phenolic OH excluding ortho intramolecular Hbond substituents is 1. The minimum absolute atomic E-state index is 0.0581. The Balaban J connectivity index is 1.19. The Bertz CT molecular complexity index is 4990. The molecule has 8 rings (SSSR count). The van der Waals surface area contributed by atoms with E-state index in [9.17, 15) is 83.1 Å². The molecule has 44 heteroatoms. The Labute approximate surface area is 758 Å². The second kappa shape index (κ2) is 49.1. The minimum Gasteiger partial charge on any atom is -0.508 e. The lowest BCUT2D eigenvalue weighted by atomic mass is 9.90. The van der Waals surface area contributed by atoms with E-state index < -0.39 is 285 Å². The van der Waals surface area contributed by atoms with E-state index in [1.807, 2.05) is 6.92 Å². The molecule has 0 saturated carbocycles. The maximum atomic E-state index is 15.7. The number of unbranched alkanes of at least 4 members (excludes halogenated alkanes) is 2. The average molecular weight is 1850 g/mol. The van der Waals surface area contributed by atoms with Crippen molar-refractivity contribution in [3.05, 3.63) is 102 Å². The molecule has 3 aliphatic rings. The normalized spacial score (nSPS) is 25.2. The summed E-state index contributed by atoms with van der Waals surface area (Å²) in [6.45, 7) is 1.46. The van der Waals surface area contributed by atoms with Crippen molar-refractivity contribution in [1.82, 2.24) is 82.3 Å². The monoisotopic (exact) mass is 1850 g/mol. The van der Waals surface area contributed by atoms with Crippen molar-refractivity contribution >= 4 is 146 Å². The summed E-state index contributed by atoms with van der Waals surface area (Å²) in [5.74, 6) is -23.0. The third-order valence-electron chi connectivity index (χ3n) is 23.5. The zero-order valence-corrected chi connectivity index (χ0v) is 74.6. The molecule has 3 aliphatic heterocycles. The average Bonchev–Trinajstić information content (AvgIpc) is 1.80. The number of carbonyl (C=O) groups excluding carboxylic acids is 17. The number of carbonyl (C=O) groups is 19. The van der Waals surface area contributed by atoms with E-state index in [1.165, 1.54) is 52.3 Å². The lowest BCUT2D eigenvalue weighted by Crippen LogP contribution is -2.61. The van der Waals surface area contributed by atoms with Crippen molar-refractivity contribution < 1.29 is 117 Å². The first-order valence-electron chi connectivity index (χ1n) is 43.4. The first-order valence-corrected chi connectivity index (χ1v) is 44.5. The molecule has 131 heavy (non-hydrogen) atoms. The Morgan fingerprint density at radius 2 is 1.06 bits per heavy atom. The molecular weight excluding hydrogens is 1730 g/mol. The quantitative estimate of drug-likeness (QED) is 0.0270. The summed E-state index contributed by atoms with van der Waals surface area (Å²) in [5, 5.41) is 76.3. The topological polar surface area (TPSA) is 660 Å². The number of carboxylic acid groups (broad SMARTS) is 2. The number of hydrogen-bond donors (Lipinski definition) is 19. The molecule has 0 unspecified atom stereocenters. The molecule has 16 amide bonds. The smallest absolute Gasteiger partial charge is 0.303 e. The number of ketones is 1. The van der Waals surface area contributed by atoms with Gasteiger partial charge >= 0.3 is 11.9 Å². The zero-order chi connectivity index (χ0) is 96.2. The third kappa shape index (κ3) is 28.7. The van der Waals surface area contributed by atoms with Gasteiger partial charge in [-0.15, -0.1) is 11.8 Å². The van der Waals surface area contributed by atoms with Gasteiger partial charge in [-0.25, -0.2) is 0 Å². The van der Waals surface area contributed by atoms with Gasteiger partial charge in [0, 0.05) is 125 Å². The number of benzene rings is 3. The number of aliphatic hydroxyl groups excluding tert-OH is 2. The molecule has 2 aromatic heterocycles. The van der Waals surface area contributed by atoms with Gasteiger partial charge in [-0.05, 0) is 92.8 Å². The van der Waals surface area contributed by atoms with Gasteiger partial charge in [0.1, 0.15) is 78.3 Å². The highest BCUT2D eigenvalue weighted by Gasteiger charge is 2.47. The van der Waals surface area contributed by atoms with Crippen LogP contribution in [0.1, 0.15) is 134 Å². The van der Waals surface area contributed by atoms with Gasteiger partial charge in [-0.1, -0.05) is 88.1 Å². The molecule has 712 valence electrons. The predicted octanol–water partition coefficient (Wildman–Crippen LogP) is -3.43. The number of aromatic nitrogens is 2. The number of primary amides is 2. The Hall–Kier alpha value is -13.1. The number of aliphatic carboxylic acids is 2. The van der Waals surface area contributed by atoms with Crippen LogP contribution in [0.5, 0.6) is 5.75 Å². The Morgan fingerprint density at radius 3 is 1.66 bits per heavy atom. The van der Waals surface area contributed by atoms with E-state index in [-0.39, 0.29) is 70.1 Å². The number of nitrogens with one attached hydrogen (secondary N) is 11. The van der Waals surface area contributed by atoms with Gasteiger partial charge in [0.15, 0.2) is 5.78 Å². The first-order chi connectivity index (χ1) is 62.3. The van der Waals surface area contributed by atoms with Crippen LogP contribution >= 0.6 is 11.8 Å². The molecule has 43 nitrogen and oxygen atoms in total. The minimum atomic E-state index is -1.91. The summed E-state index contributed by atoms with van der Waals surface area (Å²) in [6.07, 6.45) is -2.74. The second-order valence-electron chi connectivity index (χ2n) is 33.0. The summed E-state index contributed by atoms with van der Waals surface area (Å²) in [4.78, 5) is 283. The molecule has 3 fully saturated rings. The van der Waals surface area contributed by atoms with E-state index in [4.69, 9.17) is 17.2 Å². The Morgan fingerprint density at radius 1 is 0.534 bits per heavy atom. The lowest BCUT2D eigenvalue weighted by molar-refractivity contribution is -0.149. The fourth-order valence-corrected chi connectivity index (χ4v) is 16.9. The number of aromatic amines is 2.